The van der Waals surface area contributed by atoms with Crippen molar-refractivity contribution in [2.45, 2.75) is 24.5 Å². The number of rotatable bonds is 5. The minimum Gasteiger partial charge on any atom is -0.388 e. The number of azide groups is 1. The zero-order valence-corrected chi connectivity index (χ0v) is 12.3. The molecule has 1 aliphatic rings. The summed E-state index contributed by atoms with van der Waals surface area (Å²) < 4.78 is 21.3. The number of hydrogen-bond acceptors (Lipinski definition) is 8. The van der Waals surface area contributed by atoms with Crippen LogP contribution in [0.25, 0.3) is 10.4 Å². The standard InChI is InChI=1S/C9H13N6O7P/c10-5-1-2-15(9(17)12-5)8-7(16)6(13-14-11)4(22-8)3-21-23(18,19)20/h1-2,4,6-8,16H,3H2,(H2,10,12,17)(H2,18,19,20)/t4-,6-,7-,8-/m1/s1. The Morgan fingerprint density at radius 2 is 2.30 bits per heavy atom. The second-order valence-electron chi connectivity index (χ2n) is 4.58. The number of phosphoric ester groups is 1. The summed E-state index contributed by atoms with van der Waals surface area (Å²) in [5, 5.41) is 13.5. The zero-order valence-electron chi connectivity index (χ0n) is 11.4. The van der Waals surface area contributed by atoms with Gasteiger partial charge in [-0.1, -0.05) is 5.11 Å². The number of nitrogens with two attached hydrogens (primary N) is 1. The van der Waals surface area contributed by atoms with Crippen molar-refractivity contribution in [1.29, 1.82) is 0 Å². The van der Waals surface area contributed by atoms with Gasteiger partial charge in [-0.3, -0.25) is 9.09 Å². The zero-order chi connectivity index (χ0) is 17.2. The molecule has 23 heavy (non-hydrogen) atoms. The van der Waals surface area contributed by atoms with Crippen LogP contribution in [0.5, 0.6) is 0 Å². The number of aliphatic hydroxyl groups excluding tert-OH is 1. The lowest BCUT2D eigenvalue weighted by molar-refractivity contribution is -0.0525. The molecule has 5 N–H and O–H groups in total. The van der Waals surface area contributed by atoms with Crippen LogP contribution in [0.4, 0.5) is 5.82 Å². The molecule has 0 spiro atoms. The minimum absolute atomic E-state index is 0.0354. The SMILES string of the molecule is [N-]=[N+]=N[C@H]1[C@@H](O)[C@H](n2ccc(N)nc2=O)O[C@@H]1COP(=O)(O)O. The Hall–Kier alpha value is -1.98. The quantitative estimate of drug-likeness (QED) is 0.219. The smallest absolute Gasteiger partial charge is 0.388 e. The molecule has 1 aromatic heterocycles. The highest BCUT2D eigenvalue weighted by Crippen LogP contribution is 2.38. The van der Waals surface area contributed by atoms with E-state index in [4.69, 9.17) is 25.8 Å². The number of nitrogens with zero attached hydrogens (tertiary/aromatic N) is 5. The molecule has 0 bridgehead atoms. The molecule has 0 aliphatic carbocycles. The second-order valence-corrected chi connectivity index (χ2v) is 5.82. The van der Waals surface area contributed by atoms with Crippen LogP contribution in [0.1, 0.15) is 6.23 Å². The average molecular weight is 348 g/mol. The number of aliphatic hydroxyl groups is 1. The number of aromatic nitrogens is 2. The molecule has 2 rings (SSSR count). The van der Waals surface area contributed by atoms with E-state index in [0.717, 1.165) is 4.57 Å². The van der Waals surface area contributed by atoms with Gasteiger partial charge in [-0.2, -0.15) is 4.98 Å². The lowest BCUT2D eigenvalue weighted by Gasteiger charge is -2.17. The summed E-state index contributed by atoms with van der Waals surface area (Å²) in [6, 6.07) is 0.0699. The largest absolute Gasteiger partial charge is 0.469 e. The Morgan fingerprint density at radius 3 is 2.87 bits per heavy atom. The molecular weight excluding hydrogens is 335 g/mol. The van der Waals surface area contributed by atoms with Crippen LogP contribution in [0.2, 0.25) is 0 Å². The third-order valence-corrected chi connectivity index (χ3v) is 3.54. The van der Waals surface area contributed by atoms with Crippen LogP contribution < -0.4 is 11.4 Å². The van der Waals surface area contributed by atoms with Crippen LogP contribution in [-0.4, -0.2) is 49.3 Å². The molecule has 1 aliphatic heterocycles. The fraction of sp³-hybridized carbons (Fsp3) is 0.556. The van der Waals surface area contributed by atoms with E-state index >= 15 is 0 Å². The highest BCUT2D eigenvalue weighted by molar-refractivity contribution is 7.46. The van der Waals surface area contributed by atoms with Gasteiger partial charge < -0.3 is 25.4 Å². The molecule has 2 heterocycles. The Morgan fingerprint density at radius 1 is 1.61 bits per heavy atom. The van der Waals surface area contributed by atoms with Gasteiger partial charge in [0.15, 0.2) is 6.23 Å². The minimum atomic E-state index is -4.78. The van der Waals surface area contributed by atoms with E-state index in [1.165, 1.54) is 12.3 Å². The number of phosphoric acid groups is 1. The predicted octanol–water partition coefficient (Wildman–Crippen LogP) is -1.13. The fourth-order valence-electron chi connectivity index (χ4n) is 2.09. The molecule has 0 saturated carbocycles. The first-order valence-electron chi connectivity index (χ1n) is 6.15. The average Bonchev–Trinajstić information content (AvgIpc) is 2.74. The molecule has 0 unspecified atom stereocenters. The molecule has 13 nitrogen and oxygen atoms in total. The molecule has 1 fully saturated rings. The van der Waals surface area contributed by atoms with E-state index in [0.29, 0.717) is 0 Å². The van der Waals surface area contributed by atoms with Crippen molar-refractivity contribution in [2.75, 3.05) is 12.3 Å². The summed E-state index contributed by atoms with van der Waals surface area (Å²) in [6.45, 7) is -0.654. The Balaban J connectivity index is 2.27. The summed E-state index contributed by atoms with van der Waals surface area (Å²) in [7, 11) is -4.78. The number of hydrogen-bond donors (Lipinski definition) is 4. The fourth-order valence-corrected chi connectivity index (χ4v) is 2.43. The van der Waals surface area contributed by atoms with Crippen molar-refractivity contribution >= 4 is 13.6 Å². The molecule has 4 atom stereocenters. The van der Waals surface area contributed by atoms with E-state index in [-0.39, 0.29) is 5.82 Å². The number of anilines is 1. The van der Waals surface area contributed by atoms with Crippen molar-refractivity contribution < 1.29 is 28.7 Å². The van der Waals surface area contributed by atoms with Gasteiger partial charge in [0.05, 0.1) is 18.8 Å². The molecule has 1 saturated heterocycles. The van der Waals surface area contributed by atoms with Crippen molar-refractivity contribution in [3.8, 4) is 0 Å². The Kier molecular flexibility index (Phi) is 5.02. The van der Waals surface area contributed by atoms with Crippen LogP contribution in [0.15, 0.2) is 22.2 Å². The molecule has 0 amide bonds. The van der Waals surface area contributed by atoms with Gasteiger partial charge in [-0.15, -0.1) is 0 Å². The lowest BCUT2D eigenvalue weighted by Crippen LogP contribution is -2.35. The number of nitrogen functional groups attached to an aromatic ring is 1. The topological polar surface area (TPSA) is 206 Å². The van der Waals surface area contributed by atoms with Crippen molar-refractivity contribution in [3.05, 3.63) is 33.2 Å². The highest BCUT2D eigenvalue weighted by atomic mass is 31.2. The molecule has 1 aromatic rings. The molecule has 0 radical (unpaired) electrons. The maximum Gasteiger partial charge on any atom is 0.469 e. The van der Waals surface area contributed by atoms with Gasteiger partial charge in [0, 0.05) is 11.1 Å². The van der Waals surface area contributed by atoms with Gasteiger partial charge in [0.1, 0.15) is 11.9 Å². The van der Waals surface area contributed by atoms with Crippen LogP contribution in [0.3, 0.4) is 0 Å². The summed E-state index contributed by atoms with van der Waals surface area (Å²) in [6.07, 6.45) is -2.70. The van der Waals surface area contributed by atoms with Crippen LogP contribution in [0, 0.1) is 0 Å². The third kappa shape index (κ3) is 4.06. The van der Waals surface area contributed by atoms with Crippen molar-refractivity contribution in [1.82, 2.24) is 9.55 Å². The van der Waals surface area contributed by atoms with Crippen molar-refractivity contribution in [2.24, 2.45) is 5.11 Å². The molecule has 0 aromatic carbocycles. The van der Waals surface area contributed by atoms with Gasteiger partial charge in [-0.25, -0.2) is 9.36 Å². The first kappa shape index (κ1) is 17.4. The van der Waals surface area contributed by atoms with E-state index in [9.17, 15) is 14.5 Å². The summed E-state index contributed by atoms with van der Waals surface area (Å²) >= 11 is 0. The van der Waals surface area contributed by atoms with Gasteiger partial charge in [-0.05, 0) is 11.6 Å². The first-order valence-corrected chi connectivity index (χ1v) is 7.68. The lowest BCUT2D eigenvalue weighted by atomic mass is 10.1. The third-order valence-electron chi connectivity index (χ3n) is 3.05. The van der Waals surface area contributed by atoms with Gasteiger partial charge in [0.25, 0.3) is 0 Å². The molecular formula is C9H13N6O7P. The van der Waals surface area contributed by atoms with Gasteiger partial charge in [0.2, 0.25) is 0 Å². The maximum absolute atomic E-state index is 11.8. The van der Waals surface area contributed by atoms with E-state index < -0.39 is 44.6 Å². The van der Waals surface area contributed by atoms with Crippen LogP contribution >= 0.6 is 7.82 Å². The van der Waals surface area contributed by atoms with E-state index in [1.54, 1.807) is 0 Å². The predicted molar refractivity (Wildman–Crippen MR) is 73.8 cm³/mol. The molecule has 126 valence electrons. The normalized spacial score (nSPS) is 27.6. The molecule has 14 heteroatoms. The number of ether oxygens (including phenoxy) is 1. The van der Waals surface area contributed by atoms with Crippen LogP contribution in [-0.2, 0) is 13.8 Å². The Bertz CT molecular complexity index is 727. The maximum atomic E-state index is 11.8. The summed E-state index contributed by atoms with van der Waals surface area (Å²) in [5.74, 6) is -0.0354. The second kappa shape index (κ2) is 6.64. The van der Waals surface area contributed by atoms with E-state index in [1.807, 2.05) is 0 Å². The summed E-state index contributed by atoms with van der Waals surface area (Å²) in [5.41, 5.74) is 13.1. The van der Waals surface area contributed by atoms with E-state index in [2.05, 4.69) is 19.5 Å². The van der Waals surface area contributed by atoms with Gasteiger partial charge >= 0.3 is 13.5 Å². The summed E-state index contributed by atoms with van der Waals surface area (Å²) in [4.78, 5) is 35.2. The van der Waals surface area contributed by atoms with Crippen molar-refractivity contribution in [3.63, 3.8) is 0 Å². The monoisotopic (exact) mass is 348 g/mol. The highest BCUT2D eigenvalue weighted by Gasteiger charge is 2.45. The Labute approximate surface area is 128 Å². The first-order chi connectivity index (χ1) is 10.7.